The van der Waals surface area contributed by atoms with Crippen molar-refractivity contribution in [2.75, 3.05) is 20.2 Å². The van der Waals surface area contributed by atoms with Crippen LogP contribution < -0.4 is 21.1 Å². The van der Waals surface area contributed by atoms with Gasteiger partial charge in [-0.25, -0.2) is 14.1 Å². The molecular weight excluding hydrogens is 530 g/mol. The molecule has 2 aromatic rings. The number of hydrogen-bond acceptors (Lipinski definition) is 8. The van der Waals surface area contributed by atoms with Crippen molar-refractivity contribution >= 4 is 5.97 Å². The Balaban J connectivity index is 1.74. The molecule has 2 aromatic carbocycles. The molecule has 3 rings (SSSR count). The number of nitrogens with two attached hydrogens (primary N) is 1. The lowest BCUT2D eigenvalue weighted by Gasteiger charge is -2.34. The molecule has 0 amide bonds. The molecule has 1 aliphatic rings. The van der Waals surface area contributed by atoms with Crippen LogP contribution in [0.1, 0.15) is 32.8 Å². The predicted molar refractivity (Wildman–Crippen MR) is 155 cm³/mol. The Morgan fingerprint density at radius 3 is 2.46 bits per heavy atom. The average molecular weight is 573 g/mol. The third kappa shape index (κ3) is 8.51. The van der Waals surface area contributed by atoms with Crippen LogP contribution >= 0.6 is 0 Å². The van der Waals surface area contributed by atoms with Gasteiger partial charge in [-0.2, -0.15) is 0 Å². The minimum absolute atomic E-state index is 0.0458. The Labute approximate surface area is 241 Å². The first-order valence-electron chi connectivity index (χ1n) is 13.8. The largest absolute Gasteiger partial charge is 0.460 e. The maximum absolute atomic E-state index is 15.6. The maximum Gasteiger partial charge on any atom is 0.323 e. The first-order valence-corrected chi connectivity index (χ1v) is 13.8. The van der Waals surface area contributed by atoms with Crippen molar-refractivity contribution in [1.82, 2.24) is 15.5 Å². The van der Waals surface area contributed by atoms with Crippen LogP contribution in [-0.2, 0) is 20.9 Å². The third-order valence-corrected chi connectivity index (χ3v) is 7.31. The second-order valence-electron chi connectivity index (χ2n) is 10.3. The fourth-order valence-corrected chi connectivity index (χ4v) is 4.85. The number of ether oxygens (including phenoxy) is 3. The Morgan fingerprint density at radius 1 is 1.22 bits per heavy atom. The third-order valence-electron chi connectivity index (χ3n) is 7.31. The minimum Gasteiger partial charge on any atom is -0.460 e. The quantitative estimate of drug-likeness (QED) is 0.211. The SMILES string of the molecule is C=C(NC)N(/C=C\CN)C1C[C@H](COC(C)(NC(C)C(=O)OCc2ccccc2)Oc2ccccc2)C(C)C1(F)F. The van der Waals surface area contributed by atoms with Gasteiger partial charge < -0.3 is 30.2 Å². The smallest absolute Gasteiger partial charge is 0.323 e. The van der Waals surface area contributed by atoms with Gasteiger partial charge in [0.1, 0.15) is 18.4 Å². The Bertz CT molecular complexity index is 1150. The number of esters is 1. The highest BCUT2D eigenvalue weighted by Gasteiger charge is 2.57. The molecule has 1 aliphatic carbocycles. The van der Waals surface area contributed by atoms with Crippen molar-refractivity contribution < 1.29 is 27.8 Å². The number of nitrogens with zero attached hydrogens (tertiary/aromatic N) is 1. The van der Waals surface area contributed by atoms with Crippen molar-refractivity contribution in [2.45, 2.75) is 57.7 Å². The Morgan fingerprint density at radius 2 is 1.85 bits per heavy atom. The lowest BCUT2D eigenvalue weighted by Crippen LogP contribution is -2.56. The number of benzene rings is 2. The van der Waals surface area contributed by atoms with Crippen LogP contribution in [0.3, 0.4) is 0 Å². The fraction of sp³-hybridized carbons (Fsp3) is 0.452. The number of carbonyl (C=O) groups is 1. The molecule has 0 aromatic heterocycles. The molecule has 0 bridgehead atoms. The summed E-state index contributed by atoms with van der Waals surface area (Å²) in [7, 11) is 1.63. The molecule has 0 aliphatic heterocycles. The van der Waals surface area contributed by atoms with Crippen LogP contribution in [0.15, 0.2) is 85.3 Å². The normalized spacial score (nSPS) is 22.1. The zero-order valence-electron chi connectivity index (χ0n) is 24.2. The molecule has 0 radical (unpaired) electrons. The van der Waals surface area contributed by atoms with E-state index in [9.17, 15) is 4.79 Å². The van der Waals surface area contributed by atoms with E-state index in [1.165, 1.54) is 11.8 Å². The fourth-order valence-electron chi connectivity index (χ4n) is 4.85. The van der Waals surface area contributed by atoms with Gasteiger partial charge in [0.2, 0.25) is 0 Å². The summed E-state index contributed by atoms with van der Waals surface area (Å²) in [6.45, 7) is 8.94. The molecule has 0 spiro atoms. The molecule has 4 unspecified atom stereocenters. The van der Waals surface area contributed by atoms with E-state index in [0.717, 1.165) is 5.56 Å². The van der Waals surface area contributed by atoms with Gasteiger partial charge in [-0.3, -0.25) is 4.79 Å². The van der Waals surface area contributed by atoms with Crippen molar-refractivity contribution in [3.63, 3.8) is 0 Å². The van der Waals surface area contributed by atoms with Crippen LogP contribution in [0, 0.1) is 11.8 Å². The van der Waals surface area contributed by atoms with Gasteiger partial charge in [0.05, 0.1) is 18.5 Å². The summed E-state index contributed by atoms with van der Waals surface area (Å²) < 4.78 is 49.0. The molecule has 224 valence electrons. The lowest BCUT2D eigenvalue weighted by atomic mass is 9.97. The van der Waals surface area contributed by atoms with E-state index in [1.807, 2.05) is 36.4 Å². The number of nitrogens with one attached hydrogen (secondary N) is 2. The topological polar surface area (TPSA) is 98.1 Å². The van der Waals surface area contributed by atoms with Gasteiger partial charge in [-0.1, -0.05) is 68.1 Å². The summed E-state index contributed by atoms with van der Waals surface area (Å²) in [6, 6.07) is 16.3. The molecule has 8 nitrogen and oxygen atoms in total. The number of rotatable bonds is 15. The van der Waals surface area contributed by atoms with Crippen LogP contribution in [0.4, 0.5) is 8.78 Å². The number of halogens is 2. The summed E-state index contributed by atoms with van der Waals surface area (Å²) in [5, 5.41) is 5.92. The molecule has 1 fully saturated rings. The molecule has 41 heavy (non-hydrogen) atoms. The monoisotopic (exact) mass is 572 g/mol. The van der Waals surface area contributed by atoms with Gasteiger partial charge >= 0.3 is 5.97 Å². The average Bonchev–Trinajstić information content (AvgIpc) is 3.19. The van der Waals surface area contributed by atoms with E-state index in [1.54, 1.807) is 57.4 Å². The summed E-state index contributed by atoms with van der Waals surface area (Å²) >= 11 is 0. The van der Waals surface area contributed by atoms with Crippen LogP contribution in [0.5, 0.6) is 5.75 Å². The van der Waals surface area contributed by atoms with E-state index >= 15 is 8.78 Å². The molecule has 10 heteroatoms. The van der Waals surface area contributed by atoms with Crippen LogP contribution in [0.25, 0.3) is 0 Å². The minimum atomic E-state index is -3.04. The second-order valence-corrected chi connectivity index (χ2v) is 10.3. The van der Waals surface area contributed by atoms with Gasteiger partial charge in [-0.05, 0) is 37.0 Å². The molecule has 0 heterocycles. The van der Waals surface area contributed by atoms with Gasteiger partial charge in [0, 0.05) is 32.6 Å². The van der Waals surface area contributed by atoms with E-state index in [-0.39, 0.29) is 26.2 Å². The highest BCUT2D eigenvalue weighted by Crippen LogP contribution is 2.47. The second kappa shape index (κ2) is 14.4. The molecule has 4 N–H and O–H groups in total. The van der Waals surface area contributed by atoms with Crippen molar-refractivity contribution in [3.8, 4) is 5.75 Å². The highest BCUT2D eigenvalue weighted by atomic mass is 19.3. The number of para-hydroxylation sites is 1. The zero-order valence-corrected chi connectivity index (χ0v) is 24.2. The lowest BCUT2D eigenvalue weighted by molar-refractivity contribution is -0.210. The maximum atomic E-state index is 15.6. The van der Waals surface area contributed by atoms with E-state index < -0.39 is 41.7 Å². The highest BCUT2D eigenvalue weighted by molar-refractivity contribution is 5.75. The van der Waals surface area contributed by atoms with E-state index in [2.05, 4.69) is 17.2 Å². The number of alkyl halides is 2. The Kier molecular flexibility index (Phi) is 11.3. The first kappa shape index (κ1) is 32.0. The molecular formula is C31H42F2N4O4. The number of carbonyl (C=O) groups excluding carboxylic acids is 1. The molecule has 5 atom stereocenters. The molecule has 0 saturated heterocycles. The van der Waals surface area contributed by atoms with Gasteiger partial charge in [-0.15, -0.1) is 0 Å². The van der Waals surface area contributed by atoms with Crippen molar-refractivity contribution in [2.24, 2.45) is 17.6 Å². The summed E-state index contributed by atoms with van der Waals surface area (Å²) in [6.07, 6.45) is 3.29. The zero-order chi connectivity index (χ0) is 30.0. The predicted octanol–water partition coefficient (Wildman–Crippen LogP) is 4.60. The van der Waals surface area contributed by atoms with Crippen LogP contribution in [0.2, 0.25) is 0 Å². The van der Waals surface area contributed by atoms with Crippen molar-refractivity contribution in [1.29, 1.82) is 0 Å². The van der Waals surface area contributed by atoms with Crippen LogP contribution in [-0.4, -0.2) is 55.0 Å². The summed E-state index contributed by atoms with van der Waals surface area (Å²) in [4.78, 5) is 14.2. The van der Waals surface area contributed by atoms with E-state index in [4.69, 9.17) is 19.9 Å². The summed E-state index contributed by atoms with van der Waals surface area (Å²) in [5.74, 6) is -5.75. The number of hydrogen-bond donors (Lipinski definition) is 3. The van der Waals surface area contributed by atoms with Gasteiger partial charge in [0.25, 0.3) is 11.8 Å². The first-order chi connectivity index (χ1) is 19.5. The summed E-state index contributed by atoms with van der Waals surface area (Å²) in [5.41, 5.74) is 6.44. The molecule has 1 saturated carbocycles. The standard InChI is InChI=1S/C31H42F2N4O4/c1-22-26(19-28(31(22,32)33)37(18-12-17-34)24(3)35-5)21-40-30(4,41-27-15-10-7-11-16-27)36-23(2)29(38)39-20-25-13-8-6-9-14-25/h6-16,18,22-23,26,28,35-36H,3,17,19-21,34H2,1-2,4-5H3/b18-12-/t22?,23?,26-,28?,30?/m1/s1. The Hall–Kier alpha value is -3.47. The van der Waals surface area contributed by atoms with Gasteiger partial charge in [0.15, 0.2) is 0 Å². The van der Waals surface area contributed by atoms with Crippen molar-refractivity contribution in [3.05, 3.63) is 90.9 Å². The van der Waals surface area contributed by atoms with E-state index in [0.29, 0.717) is 11.6 Å².